The van der Waals surface area contributed by atoms with E-state index in [9.17, 15) is 13.2 Å². The van der Waals surface area contributed by atoms with Crippen molar-refractivity contribution >= 4 is 16.7 Å². The van der Waals surface area contributed by atoms with E-state index in [1.165, 1.54) is 23.3 Å². The van der Waals surface area contributed by atoms with Crippen LogP contribution in [0.2, 0.25) is 0 Å². The molecular formula is C23H23F3N6O2. The van der Waals surface area contributed by atoms with E-state index in [0.717, 1.165) is 24.1 Å². The Hall–Kier alpha value is -3.76. The molecule has 0 unspecified atom stereocenters. The smallest absolute Gasteiger partial charge is 0.416 e. The van der Waals surface area contributed by atoms with Gasteiger partial charge in [0, 0.05) is 18.7 Å². The highest BCUT2D eigenvalue weighted by molar-refractivity contribution is 5.80. The molecule has 5 rings (SSSR count). The first-order valence-corrected chi connectivity index (χ1v) is 10.7. The van der Waals surface area contributed by atoms with Gasteiger partial charge in [0.2, 0.25) is 0 Å². The summed E-state index contributed by atoms with van der Waals surface area (Å²) < 4.78 is 51.7. The third-order valence-corrected chi connectivity index (χ3v) is 6.37. The van der Waals surface area contributed by atoms with E-state index in [-0.39, 0.29) is 0 Å². The summed E-state index contributed by atoms with van der Waals surface area (Å²) in [5.41, 5.74) is 0.863. The lowest BCUT2D eigenvalue weighted by Crippen LogP contribution is -2.40. The zero-order chi connectivity index (χ0) is 24.1. The lowest BCUT2D eigenvalue weighted by molar-refractivity contribution is -0.137. The number of aromatic nitrogens is 5. The molecule has 8 nitrogen and oxygen atoms in total. The molecule has 1 aliphatic heterocycles. The Morgan fingerprint density at radius 3 is 2.38 bits per heavy atom. The second-order valence-electron chi connectivity index (χ2n) is 8.36. The maximum Gasteiger partial charge on any atom is 0.416 e. The Kier molecular flexibility index (Phi) is 5.14. The Bertz CT molecular complexity index is 1290. The second kappa shape index (κ2) is 7.93. The van der Waals surface area contributed by atoms with Crippen molar-refractivity contribution in [1.29, 1.82) is 0 Å². The number of H-pyrrole nitrogens is 1. The van der Waals surface area contributed by atoms with Crippen LogP contribution in [0.3, 0.4) is 0 Å². The minimum Gasteiger partial charge on any atom is -0.493 e. The Labute approximate surface area is 193 Å². The first-order valence-electron chi connectivity index (χ1n) is 10.7. The average Bonchev–Trinajstić information content (AvgIpc) is 3.56. The number of benzene rings is 2. The van der Waals surface area contributed by atoms with Crippen LogP contribution in [0, 0.1) is 0 Å². The Morgan fingerprint density at radius 1 is 1.00 bits per heavy atom. The van der Waals surface area contributed by atoms with E-state index in [1.807, 2.05) is 11.8 Å². The zero-order valence-electron chi connectivity index (χ0n) is 18.8. The average molecular weight is 472 g/mol. The fourth-order valence-corrected chi connectivity index (χ4v) is 4.61. The number of halogens is 3. The summed E-state index contributed by atoms with van der Waals surface area (Å²) in [7, 11) is 3.11. The van der Waals surface area contributed by atoms with Crippen molar-refractivity contribution in [3.63, 3.8) is 0 Å². The minimum atomic E-state index is -4.48. The highest BCUT2D eigenvalue weighted by Crippen LogP contribution is 2.45. The lowest BCUT2D eigenvalue weighted by Gasteiger charge is -2.36. The van der Waals surface area contributed by atoms with Gasteiger partial charge in [-0.15, -0.1) is 4.80 Å². The summed E-state index contributed by atoms with van der Waals surface area (Å²) in [6.45, 7) is 2.53. The van der Waals surface area contributed by atoms with Gasteiger partial charge in [0.1, 0.15) is 11.5 Å². The summed E-state index contributed by atoms with van der Waals surface area (Å²) in [6, 6.07) is 7.20. The van der Waals surface area contributed by atoms with Gasteiger partial charge in [-0.3, -0.25) is 0 Å². The molecule has 34 heavy (non-hydrogen) atoms. The monoisotopic (exact) mass is 472 g/mol. The predicted octanol–water partition coefficient (Wildman–Crippen LogP) is 4.70. The number of imidazole rings is 1. The molecule has 1 aliphatic rings. The van der Waals surface area contributed by atoms with Crippen molar-refractivity contribution in [2.24, 2.45) is 0 Å². The van der Waals surface area contributed by atoms with Crippen molar-refractivity contribution in [2.45, 2.75) is 31.5 Å². The first kappa shape index (κ1) is 22.1. The van der Waals surface area contributed by atoms with Crippen LogP contribution in [-0.2, 0) is 11.7 Å². The number of hydrogen-bond acceptors (Lipinski definition) is 6. The number of anilines is 1. The molecule has 0 radical (unpaired) electrons. The van der Waals surface area contributed by atoms with Crippen LogP contribution >= 0.6 is 0 Å². The third-order valence-electron chi connectivity index (χ3n) is 6.37. The number of hydrogen-bond donors (Lipinski definition) is 1. The van der Waals surface area contributed by atoms with E-state index in [0.29, 0.717) is 47.2 Å². The van der Waals surface area contributed by atoms with Crippen LogP contribution in [0.15, 0.2) is 42.7 Å². The highest BCUT2D eigenvalue weighted by atomic mass is 19.4. The van der Waals surface area contributed by atoms with Gasteiger partial charge in [0.25, 0.3) is 0 Å². The molecule has 11 heteroatoms. The van der Waals surface area contributed by atoms with Gasteiger partial charge in [0.15, 0.2) is 11.5 Å². The van der Waals surface area contributed by atoms with Gasteiger partial charge in [-0.25, -0.2) is 4.98 Å². The molecule has 0 aliphatic carbocycles. The van der Waals surface area contributed by atoms with Crippen molar-refractivity contribution in [2.75, 3.05) is 25.7 Å². The predicted molar refractivity (Wildman–Crippen MR) is 119 cm³/mol. The fourth-order valence-electron chi connectivity index (χ4n) is 4.61. The fraction of sp³-hybridized carbons (Fsp3) is 0.348. The largest absolute Gasteiger partial charge is 0.493 e. The number of methoxy groups -OCH3 is 2. The van der Waals surface area contributed by atoms with Gasteiger partial charge < -0.3 is 19.4 Å². The number of ether oxygens (including phenoxy) is 2. The molecule has 178 valence electrons. The van der Waals surface area contributed by atoms with E-state index in [1.54, 1.807) is 26.4 Å². The minimum absolute atomic E-state index is 0.390. The van der Waals surface area contributed by atoms with Crippen molar-refractivity contribution in [1.82, 2.24) is 25.0 Å². The molecule has 3 heterocycles. The van der Waals surface area contributed by atoms with Crippen LogP contribution in [-0.4, -0.2) is 45.7 Å². The maximum atomic E-state index is 13.6. The van der Waals surface area contributed by atoms with Crippen LogP contribution in [0.25, 0.3) is 16.7 Å². The van der Waals surface area contributed by atoms with Crippen LogP contribution in [0.4, 0.5) is 18.9 Å². The van der Waals surface area contributed by atoms with E-state index < -0.39 is 17.3 Å². The van der Waals surface area contributed by atoms with Gasteiger partial charge in [-0.2, -0.15) is 23.4 Å². The Balaban J connectivity index is 1.65. The van der Waals surface area contributed by atoms with Gasteiger partial charge in [-0.1, -0.05) is 0 Å². The Morgan fingerprint density at radius 2 is 1.71 bits per heavy atom. The van der Waals surface area contributed by atoms with Gasteiger partial charge in [0.05, 0.1) is 54.4 Å². The topological polar surface area (TPSA) is 81.1 Å². The van der Waals surface area contributed by atoms with E-state index in [2.05, 4.69) is 15.2 Å². The first-order chi connectivity index (χ1) is 16.2. The number of nitrogens with one attached hydrogen (secondary N) is 1. The molecule has 0 saturated carbocycles. The molecule has 1 fully saturated rings. The van der Waals surface area contributed by atoms with Crippen LogP contribution in [0.5, 0.6) is 11.5 Å². The molecule has 2 aromatic carbocycles. The van der Waals surface area contributed by atoms with Gasteiger partial charge >= 0.3 is 6.18 Å². The number of rotatable bonds is 5. The molecule has 4 aromatic rings. The number of fused-ring (bicyclic) bond motifs is 1. The molecular weight excluding hydrogens is 449 g/mol. The molecule has 0 amide bonds. The SMILES string of the molecule is COc1cc2nc([C@]3(C)CCCN3c3cc(C(F)(F)F)ccc3-n3nccn3)[nH]c2cc1OC. The zero-order valence-corrected chi connectivity index (χ0v) is 18.8. The third kappa shape index (κ3) is 3.51. The van der Waals surface area contributed by atoms with E-state index in [4.69, 9.17) is 14.5 Å². The summed E-state index contributed by atoms with van der Waals surface area (Å²) in [6.07, 6.45) is -0.0194. The summed E-state index contributed by atoms with van der Waals surface area (Å²) in [5.74, 6) is 1.75. The highest BCUT2D eigenvalue weighted by Gasteiger charge is 2.43. The van der Waals surface area contributed by atoms with Crippen molar-refractivity contribution in [3.8, 4) is 17.2 Å². The normalized spacial score (nSPS) is 18.6. The molecule has 1 saturated heterocycles. The number of alkyl halides is 3. The number of nitrogens with zero attached hydrogens (tertiary/aromatic N) is 5. The maximum absolute atomic E-state index is 13.6. The molecule has 2 aromatic heterocycles. The summed E-state index contributed by atoms with van der Waals surface area (Å²) >= 11 is 0. The standard InChI is InChI=1S/C23H23F3N6O2/c1-22(21-29-15-12-19(33-2)20(34-3)13-16(15)30-21)7-4-10-31(22)18-11-14(23(24,25)26)5-6-17(18)32-27-8-9-28-32/h5-6,8-9,11-13H,4,7,10H2,1-3H3,(H,29,30)/t22-/m0/s1. The summed E-state index contributed by atoms with van der Waals surface area (Å²) in [5, 5.41) is 8.30. The lowest BCUT2D eigenvalue weighted by atomic mass is 9.96. The van der Waals surface area contributed by atoms with E-state index >= 15 is 0 Å². The molecule has 1 N–H and O–H groups in total. The second-order valence-corrected chi connectivity index (χ2v) is 8.36. The van der Waals surface area contributed by atoms with Crippen molar-refractivity contribution < 1.29 is 22.6 Å². The molecule has 0 bridgehead atoms. The molecule has 1 atom stereocenters. The van der Waals surface area contributed by atoms with Crippen LogP contribution in [0.1, 0.15) is 31.2 Å². The molecule has 0 spiro atoms. The van der Waals surface area contributed by atoms with Crippen LogP contribution < -0.4 is 14.4 Å². The quantitative estimate of drug-likeness (QED) is 0.454. The van der Waals surface area contributed by atoms with Crippen molar-refractivity contribution in [3.05, 3.63) is 54.1 Å². The summed E-state index contributed by atoms with van der Waals surface area (Å²) in [4.78, 5) is 11.4. The number of aromatic amines is 1. The van der Waals surface area contributed by atoms with Gasteiger partial charge in [-0.05, 0) is 38.0 Å².